The minimum absolute atomic E-state index is 0.0160. The Balaban J connectivity index is 1.13. The molecule has 4 aromatic rings. The molecule has 6 rings (SSSR count). The maximum atomic E-state index is 13.5. The van der Waals surface area contributed by atoms with E-state index in [9.17, 15) is 19.2 Å². The number of H-pyrrole nitrogens is 2. The highest BCUT2D eigenvalue weighted by molar-refractivity contribution is 5.93. The summed E-state index contributed by atoms with van der Waals surface area (Å²) in [6.45, 7) is 8.09. The molecule has 55 heavy (non-hydrogen) atoms. The number of carbonyl (C=O) groups excluding carboxylic acids is 4. The minimum atomic E-state index is -0.748. The Morgan fingerprint density at radius 1 is 0.945 bits per heavy atom. The van der Waals surface area contributed by atoms with E-state index in [0.717, 1.165) is 47.1 Å². The summed E-state index contributed by atoms with van der Waals surface area (Å²) >= 11 is 0. The minimum Gasteiger partial charge on any atom is -0.453 e. The van der Waals surface area contributed by atoms with Gasteiger partial charge in [0, 0.05) is 35.9 Å². The number of aromatic amines is 2. The fourth-order valence-corrected chi connectivity index (χ4v) is 6.97. The lowest BCUT2D eigenvalue weighted by atomic mass is 10.0. The van der Waals surface area contributed by atoms with E-state index in [-0.39, 0.29) is 48.4 Å². The molecule has 0 saturated carbocycles. The molecule has 15 nitrogen and oxygen atoms in total. The Labute approximate surface area is 319 Å². The molecule has 2 aromatic heterocycles. The highest BCUT2D eigenvalue weighted by Crippen LogP contribution is 2.34. The molecule has 0 unspecified atom stereocenters. The maximum Gasteiger partial charge on any atom is 0.407 e. The molecule has 0 radical (unpaired) electrons. The molecule has 2 aromatic carbocycles. The topological polar surface area (TPSA) is 184 Å². The molecule has 4 heterocycles. The number of Topliss-reactive ketones (excluding diaryl/α,β-unsaturated/α-hetero) is 1. The second-order valence-corrected chi connectivity index (χ2v) is 14.3. The van der Waals surface area contributed by atoms with Crippen LogP contribution in [-0.4, -0.2) is 99.2 Å². The second kappa shape index (κ2) is 17.0. The molecule has 2 saturated heterocycles. The van der Waals surface area contributed by atoms with Gasteiger partial charge in [-0.05, 0) is 55.0 Å². The van der Waals surface area contributed by atoms with E-state index in [2.05, 4.69) is 37.0 Å². The van der Waals surface area contributed by atoms with Crippen LogP contribution in [0.25, 0.3) is 22.3 Å². The van der Waals surface area contributed by atoms with E-state index < -0.39 is 24.2 Å². The lowest BCUT2D eigenvalue weighted by Gasteiger charge is -2.29. The summed E-state index contributed by atoms with van der Waals surface area (Å²) in [6.07, 6.45) is 4.05. The zero-order chi connectivity index (χ0) is 39.2. The molecular weight excluding hydrogens is 704 g/mol. The third-order valence-electron chi connectivity index (χ3n) is 9.86. The predicted octanol–water partition coefficient (Wildman–Crippen LogP) is 4.87. The monoisotopic (exact) mass is 750 g/mol. The van der Waals surface area contributed by atoms with Gasteiger partial charge in [-0.1, -0.05) is 51.7 Å². The van der Waals surface area contributed by atoms with Gasteiger partial charge >= 0.3 is 6.09 Å². The number of alkyl carbamates (subject to hydrolysis) is 1. The number of ketones is 1. The number of likely N-dealkylation sites (tertiary alicyclic amines) is 2. The third-order valence-corrected chi connectivity index (χ3v) is 9.86. The van der Waals surface area contributed by atoms with E-state index in [1.54, 1.807) is 4.90 Å². The number of ether oxygens (including phenoxy) is 1. The van der Waals surface area contributed by atoms with Crippen molar-refractivity contribution in [3.05, 3.63) is 71.4 Å². The molecule has 2 aliphatic rings. The van der Waals surface area contributed by atoms with E-state index in [1.807, 2.05) is 76.4 Å². The van der Waals surface area contributed by atoms with Crippen LogP contribution in [0.3, 0.4) is 0 Å². The average Bonchev–Trinajstić information content (AvgIpc) is 4.00. The van der Waals surface area contributed by atoms with Gasteiger partial charge in [0.2, 0.25) is 18.2 Å². The standard InChI is InChI=1S/C40H46N8O7/c1-23(2)34(42-22-55-54-6)38(50)48-21-28(49)19-33(48)37-43-29-16-13-26(18-30(29)44-37)10-9-25-11-14-27(15-12-25)31-20-41-36(45-31)32-8-7-17-47(32)39(51)35(24(3)4)46-40(52)53-5/h11-16,18,20,22-24,32-35H,7-8,17,19,21H2,1-6H3,(H,41,45)(H,43,44)(H,46,52)/b42-22-/t32-,33-,34-,35-/m0/s1. The van der Waals surface area contributed by atoms with Gasteiger partial charge in [0.1, 0.15) is 23.7 Å². The number of fused-ring (bicyclic) bond motifs is 1. The van der Waals surface area contributed by atoms with Crippen molar-refractivity contribution in [2.45, 2.75) is 71.1 Å². The van der Waals surface area contributed by atoms with Crippen molar-refractivity contribution in [2.24, 2.45) is 16.8 Å². The lowest BCUT2D eigenvalue weighted by Crippen LogP contribution is -2.51. The Bertz CT molecular complexity index is 2130. The number of rotatable bonds is 11. The molecule has 3 amide bonds. The fourth-order valence-electron chi connectivity index (χ4n) is 6.97. The number of methoxy groups -OCH3 is 1. The maximum absolute atomic E-state index is 13.5. The van der Waals surface area contributed by atoms with Crippen LogP contribution >= 0.6 is 0 Å². The van der Waals surface area contributed by atoms with Crippen LogP contribution in [0.1, 0.15) is 81.8 Å². The van der Waals surface area contributed by atoms with E-state index in [4.69, 9.17) is 19.6 Å². The fraction of sp³-hybridized carbons (Fsp3) is 0.425. The van der Waals surface area contributed by atoms with Crippen molar-refractivity contribution in [2.75, 3.05) is 27.3 Å². The van der Waals surface area contributed by atoms with Crippen molar-refractivity contribution in [1.29, 1.82) is 0 Å². The molecule has 0 bridgehead atoms. The number of nitrogens with zero attached hydrogens (tertiary/aromatic N) is 5. The first-order valence-electron chi connectivity index (χ1n) is 18.3. The highest BCUT2D eigenvalue weighted by atomic mass is 17.2. The number of aliphatic imine (C=N–C) groups is 1. The number of hydrogen-bond acceptors (Lipinski definition) is 10. The second-order valence-electron chi connectivity index (χ2n) is 14.3. The number of amides is 3. The molecule has 15 heteroatoms. The Morgan fingerprint density at radius 3 is 2.40 bits per heavy atom. The van der Waals surface area contributed by atoms with Gasteiger partial charge in [0.25, 0.3) is 0 Å². The van der Waals surface area contributed by atoms with Gasteiger partial charge in [-0.2, -0.15) is 4.89 Å². The summed E-state index contributed by atoms with van der Waals surface area (Å²) in [5.41, 5.74) is 4.65. The zero-order valence-corrected chi connectivity index (χ0v) is 31.8. The normalized spacial score (nSPS) is 18.2. The number of aromatic nitrogens is 4. The molecule has 3 N–H and O–H groups in total. The van der Waals surface area contributed by atoms with Crippen molar-refractivity contribution >= 4 is 41.1 Å². The van der Waals surface area contributed by atoms with Gasteiger partial charge in [-0.15, -0.1) is 0 Å². The van der Waals surface area contributed by atoms with E-state index in [0.29, 0.717) is 23.7 Å². The number of hydrogen-bond donors (Lipinski definition) is 3. The highest BCUT2D eigenvalue weighted by Gasteiger charge is 2.41. The van der Waals surface area contributed by atoms with Gasteiger partial charge in [0.05, 0.1) is 49.6 Å². The van der Waals surface area contributed by atoms with E-state index in [1.165, 1.54) is 19.1 Å². The largest absolute Gasteiger partial charge is 0.453 e. The van der Waals surface area contributed by atoms with E-state index >= 15 is 0 Å². The first-order chi connectivity index (χ1) is 26.5. The van der Waals surface area contributed by atoms with Gasteiger partial charge in [-0.3, -0.25) is 14.4 Å². The summed E-state index contributed by atoms with van der Waals surface area (Å²) in [6, 6.07) is 11.2. The zero-order valence-electron chi connectivity index (χ0n) is 31.8. The molecular formula is C40H46N8O7. The first-order valence-corrected chi connectivity index (χ1v) is 18.3. The number of benzene rings is 2. The van der Waals surface area contributed by atoms with Gasteiger partial charge in [-0.25, -0.2) is 19.8 Å². The third kappa shape index (κ3) is 8.70. The van der Waals surface area contributed by atoms with Gasteiger partial charge in [0.15, 0.2) is 5.78 Å². The summed E-state index contributed by atoms with van der Waals surface area (Å²) in [5.74, 6) is 6.90. The Hall–Kier alpha value is -6.01. The Morgan fingerprint density at radius 2 is 1.69 bits per heavy atom. The number of carbonyl (C=O) groups is 4. The summed E-state index contributed by atoms with van der Waals surface area (Å²) in [7, 11) is 2.62. The number of imidazole rings is 2. The van der Waals surface area contributed by atoms with Crippen LogP contribution in [0, 0.1) is 23.7 Å². The smallest absolute Gasteiger partial charge is 0.407 e. The van der Waals surface area contributed by atoms with Crippen LogP contribution in [-0.2, 0) is 28.9 Å². The summed E-state index contributed by atoms with van der Waals surface area (Å²) in [4.78, 5) is 84.6. The quantitative estimate of drug-likeness (QED) is 0.0633. The van der Waals surface area contributed by atoms with Crippen LogP contribution in [0.2, 0.25) is 0 Å². The average molecular weight is 751 g/mol. The van der Waals surface area contributed by atoms with Crippen LogP contribution in [0.15, 0.2) is 53.7 Å². The molecule has 2 fully saturated rings. The SMILES string of the molecule is COO/C=N\[C@H](C(=O)N1CC(=O)C[C@H]1c1nc2cc(C#Cc3ccc(-c4c[nH]c([C@@H]5CCCN5C(=O)[C@@H](NC(=O)OC)C(C)C)n4)cc3)ccc2[nH]1)C(C)C. The molecule has 0 aliphatic carbocycles. The van der Waals surface area contributed by atoms with Crippen LogP contribution in [0.5, 0.6) is 0 Å². The summed E-state index contributed by atoms with van der Waals surface area (Å²) < 4.78 is 4.74. The molecule has 2 aliphatic heterocycles. The first kappa shape index (κ1) is 38.7. The molecule has 288 valence electrons. The number of nitrogens with one attached hydrogen (secondary N) is 3. The van der Waals surface area contributed by atoms with Crippen molar-refractivity contribution in [3.63, 3.8) is 0 Å². The van der Waals surface area contributed by atoms with Crippen molar-refractivity contribution in [1.82, 2.24) is 35.1 Å². The van der Waals surface area contributed by atoms with Crippen molar-refractivity contribution in [3.8, 4) is 23.1 Å². The van der Waals surface area contributed by atoms with Crippen LogP contribution in [0.4, 0.5) is 4.79 Å². The predicted molar refractivity (Wildman–Crippen MR) is 203 cm³/mol. The Kier molecular flexibility index (Phi) is 12.0. The lowest BCUT2D eigenvalue weighted by molar-refractivity contribution is -0.188. The van der Waals surface area contributed by atoms with Crippen LogP contribution < -0.4 is 5.32 Å². The summed E-state index contributed by atoms with van der Waals surface area (Å²) in [5, 5.41) is 2.68. The molecule has 0 spiro atoms. The molecule has 4 atom stereocenters. The van der Waals surface area contributed by atoms with Gasteiger partial charge < -0.3 is 34.7 Å². The van der Waals surface area contributed by atoms with Crippen molar-refractivity contribution < 1.29 is 33.7 Å².